The number of anilines is 1. The number of nitrogens with zero attached hydrogens (tertiary/aromatic N) is 2. The molecular formula is C23H19N3O2S. The molecule has 0 radical (unpaired) electrons. The molecule has 29 heavy (non-hydrogen) atoms. The normalized spacial score (nSPS) is 14.9. The van der Waals surface area contributed by atoms with Crippen LogP contribution in [-0.2, 0) is 11.4 Å². The average Bonchev–Trinajstić information content (AvgIpc) is 3.01. The summed E-state index contributed by atoms with van der Waals surface area (Å²) in [7, 11) is 0. The lowest BCUT2D eigenvalue weighted by Gasteiger charge is -2.16. The number of carbonyl (C=O) groups is 1. The first-order valence-corrected chi connectivity index (χ1v) is 9.59. The summed E-state index contributed by atoms with van der Waals surface area (Å²) in [4.78, 5) is 18.8. The average molecular weight is 401 g/mol. The molecule has 2 aromatic carbocycles. The van der Waals surface area contributed by atoms with E-state index < -0.39 is 0 Å². The Hall–Kier alpha value is -3.51. The second-order valence-electron chi connectivity index (χ2n) is 6.56. The number of ether oxygens (including phenoxy) is 1. The second kappa shape index (κ2) is 8.24. The number of hydrogen-bond acceptors (Lipinski definition) is 4. The van der Waals surface area contributed by atoms with E-state index in [4.69, 9.17) is 17.0 Å². The van der Waals surface area contributed by atoms with Gasteiger partial charge in [-0.25, -0.2) is 0 Å². The van der Waals surface area contributed by atoms with E-state index in [9.17, 15) is 4.79 Å². The monoisotopic (exact) mass is 401 g/mol. The predicted molar refractivity (Wildman–Crippen MR) is 117 cm³/mol. The molecule has 1 amide bonds. The summed E-state index contributed by atoms with van der Waals surface area (Å²) in [5.41, 5.74) is 3.78. The van der Waals surface area contributed by atoms with Gasteiger partial charge in [-0.05, 0) is 55.0 Å². The van der Waals surface area contributed by atoms with Crippen LogP contribution in [0.2, 0.25) is 0 Å². The lowest BCUT2D eigenvalue weighted by molar-refractivity contribution is -0.113. The highest BCUT2D eigenvalue weighted by molar-refractivity contribution is 7.80. The van der Waals surface area contributed by atoms with Crippen molar-refractivity contribution in [3.05, 3.63) is 95.4 Å². The third kappa shape index (κ3) is 4.02. The number of aryl methyl sites for hydroxylation is 1. The lowest BCUT2D eigenvalue weighted by atomic mass is 10.1. The van der Waals surface area contributed by atoms with E-state index in [0.29, 0.717) is 23.2 Å². The van der Waals surface area contributed by atoms with Crippen LogP contribution in [0.5, 0.6) is 5.75 Å². The fourth-order valence-electron chi connectivity index (χ4n) is 3.09. The SMILES string of the molecule is Cc1ccccc1N1C(=O)/C(=C/c2ccccc2OCc2ccccn2)NC1=S. The minimum atomic E-state index is -0.191. The number of benzene rings is 2. The van der Waals surface area contributed by atoms with Crippen LogP contribution in [0, 0.1) is 6.92 Å². The molecule has 4 rings (SSSR count). The van der Waals surface area contributed by atoms with Crippen molar-refractivity contribution in [3.63, 3.8) is 0 Å². The van der Waals surface area contributed by atoms with Crippen molar-refractivity contribution >= 4 is 35.0 Å². The van der Waals surface area contributed by atoms with Gasteiger partial charge in [0.25, 0.3) is 5.91 Å². The Morgan fingerprint density at radius 2 is 1.83 bits per heavy atom. The number of amides is 1. The number of thiocarbonyl (C=S) groups is 1. The van der Waals surface area contributed by atoms with E-state index in [2.05, 4.69) is 10.3 Å². The molecule has 5 nitrogen and oxygen atoms in total. The van der Waals surface area contributed by atoms with Gasteiger partial charge in [-0.3, -0.25) is 14.7 Å². The molecule has 3 aromatic rings. The van der Waals surface area contributed by atoms with Crippen LogP contribution in [0.15, 0.2) is 78.6 Å². The molecule has 1 saturated heterocycles. The fraction of sp³-hybridized carbons (Fsp3) is 0.0870. The van der Waals surface area contributed by atoms with Crippen molar-refractivity contribution in [2.75, 3.05) is 4.90 Å². The number of carbonyl (C=O) groups excluding carboxylic acids is 1. The summed E-state index contributed by atoms with van der Waals surface area (Å²) >= 11 is 5.41. The Kier molecular flexibility index (Phi) is 5.35. The smallest absolute Gasteiger partial charge is 0.281 e. The number of hydrogen-bond donors (Lipinski definition) is 1. The predicted octanol–water partition coefficient (Wildman–Crippen LogP) is 4.23. The van der Waals surface area contributed by atoms with Crippen LogP contribution < -0.4 is 15.0 Å². The molecule has 1 aromatic heterocycles. The number of para-hydroxylation sites is 2. The van der Waals surface area contributed by atoms with Gasteiger partial charge >= 0.3 is 0 Å². The summed E-state index contributed by atoms with van der Waals surface area (Å²) in [5, 5.41) is 3.39. The Labute approximate surface area is 174 Å². The molecule has 6 heteroatoms. The van der Waals surface area contributed by atoms with Gasteiger partial charge in [-0.1, -0.05) is 42.5 Å². The first-order valence-electron chi connectivity index (χ1n) is 9.18. The zero-order valence-corrected chi connectivity index (χ0v) is 16.6. The molecule has 1 fully saturated rings. The molecule has 0 unspecified atom stereocenters. The number of pyridine rings is 1. The molecular weight excluding hydrogens is 382 g/mol. The van der Waals surface area contributed by atoms with E-state index in [-0.39, 0.29) is 5.91 Å². The van der Waals surface area contributed by atoms with Gasteiger partial charge in [0.15, 0.2) is 5.11 Å². The van der Waals surface area contributed by atoms with Crippen molar-refractivity contribution in [1.29, 1.82) is 0 Å². The van der Waals surface area contributed by atoms with E-state index in [1.165, 1.54) is 4.90 Å². The van der Waals surface area contributed by atoms with E-state index in [1.807, 2.05) is 73.7 Å². The topological polar surface area (TPSA) is 54.5 Å². The molecule has 0 saturated carbocycles. The van der Waals surface area contributed by atoms with E-state index in [1.54, 1.807) is 12.3 Å². The van der Waals surface area contributed by atoms with Crippen molar-refractivity contribution in [2.24, 2.45) is 0 Å². The highest BCUT2D eigenvalue weighted by atomic mass is 32.1. The zero-order valence-electron chi connectivity index (χ0n) is 15.8. The first-order chi connectivity index (χ1) is 14.1. The van der Waals surface area contributed by atoms with Crippen LogP contribution in [0.4, 0.5) is 5.69 Å². The number of rotatable bonds is 5. The zero-order chi connectivity index (χ0) is 20.2. The van der Waals surface area contributed by atoms with Gasteiger partial charge in [0.05, 0.1) is 11.4 Å². The summed E-state index contributed by atoms with van der Waals surface area (Å²) < 4.78 is 5.93. The standard InChI is InChI=1S/C23H19N3O2S/c1-16-8-2-4-11-20(16)26-22(27)19(25-23(26)29)14-17-9-3-5-12-21(17)28-15-18-10-6-7-13-24-18/h2-14H,15H2,1H3,(H,25,29)/b19-14-. The Balaban J connectivity index is 1.59. The Morgan fingerprint density at radius 3 is 2.62 bits per heavy atom. The third-order valence-electron chi connectivity index (χ3n) is 4.56. The van der Waals surface area contributed by atoms with E-state index in [0.717, 1.165) is 22.5 Å². The molecule has 0 spiro atoms. The van der Waals surface area contributed by atoms with Gasteiger partial charge in [-0.2, -0.15) is 0 Å². The van der Waals surface area contributed by atoms with Gasteiger partial charge in [0.1, 0.15) is 18.1 Å². The lowest BCUT2D eigenvalue weighted by Crippen LogP contribution is -2.30. The number of nitrogens with one attached hydrogen (secondary N) is 1. The molecule has 1 N–H and O–H groups in total. The first kappa shape index (κ1) is 18.8. The van der Waals surface area contributed by atoms with Crippen LogP contribution in [0.25, 0.3) is 6.08 Å². The maximum atomic E-state index is 13.0. The summed E-state index contributed by atoms with van der Waals surface area (Å²) in [6.45, 7) is 2.30. The summed E-state index contributed by atoms with van der Waals surface area (Å²) in [6.07, 6.45) is 3.50. The van der Waals surface area contributed by atoms with Gasteiger partial charge in [0.2, 0.25) is 0 Å². The van der Waals surface area contributed by atoms with Gasteiger partial charge in [-0.15, -0.1) is 0 Å². The van der Waals surface area contributed by atoms with Crippen molar-refractivity contribution in [3.8, 4) is 5.75 Å². The minimum Gasteiger partial charge on any atom is -0.487 e. The summed E-state index contributed by atoms with van der Waals surface area (Å²) in [5.74, 6) is 0.476. The van der Waals surface area contributed by atoms with Crippen molar-refractivity contribution < 1.29 is 9.53 Å². The molecule has 0 bridgehead atoms. The molecule has 2 heterocycles. The van der Waals surface area contributed by atoms with Gasteiger partial charge < -0.3 is 10.1 Å². The maximum Gasteiger partial charge on any atom is 0.281 e. The quantitative estimate of drug-likeness (QED) is 0.512. The molecule has 1 aliphatic rings. The highest BCUT2D eigenvalue weighted by Gasteiger charge is 2.32. The van der Waals surface area contributed by atoms with Crippen LogP contribution in [0.3, 0.4) is 0 Å². The molecule has 144 valence electrons. The van der Waals surface area contributed by atoms with Crippen LogP contribution in [-0.4, -0.2) is 16.0 Å². The van der Waals surface area contributed by atoms with Crippen molar-refractivity contribution in [1.82, 2.24) is 10.3 Å². The van der Waals surface area contributed by atoms with E-state index >= 15 is 0 Å². The minimum absolute atomic E-state index is 0.191. The second-order valence-corrected chi connectivity index (χ2v) is 6.95. The fourth-order valence-corrected chi connectivity index (χ4v) is 3.38. The van der Waals surface area contributed by atoms with Crippen molar-refractivity contribution in [2.45, 2.75) is 13.5 Å². The highest BCUT2D eigenvalue weighted by Crippen LogP contribution is 2.27. The maximum absolute atomic E-state index is 13.0. The molecule has 1 aliphatic heterocycles. The largest absolute Gasteiger partial charge is 0.487 e. The van der Waals surface area contributed by atoms with Crippen LogP contribution >= 0.6 is 12.2 Å². The summed E-state index contributed by atoms with van der Waals surface area (Å²) in [6, 6.07) is 20.9. The van der Waals surface area contributed by atoms with Crippen LogP contribution in [0.1, 0.15) is 16.8 Å². The Bertz CT molecular complexity index is 1100. The molecule has 0 aliphatic carbocycles. The number of aromatic nitrogens is 1. The Morgan fingerprint density at radius 1 is 1.07 bits per heavy atom. The third-order valence-corrected chi connectivity index (χ3v) is 4.84. The van der Waals surface area contributed by atoms with Gasteiger partial charge in [0, 0.05) is 11.8 Å². The molecule has 0 atom stereocenters.